The maximum absolute atomic E-state index is 5.84. The van der Waals surface area contributed by atoms with Crippen molar-refractivity contribution in [1.82, 2.24) is 9.78 Å². The van der Waals surface area contributed by atoms with Crippen molar-refractivity contribution < 1.29 is 4.74 Å². The molecule has 1 aliphatic heterocycles. The van der Waals surface area contributed by atoms with E-state index in [2.05, 4.69) is 50.1 Å². The van der Waals surface area contributed by atoms with E-state index in [9.17, 15) is 0 Å². The summed E-state index contributed by atoms with van der Waals surface area (Å²) in [6.07, 6.45) is 1.80. The molecule has 0 fully saturated rings. The van der Waals surface area contributed by atoms with Crippen LogP contribution in [0.25, 0.3) is 0 Å². The third-order valence-corrected chi connectivity index (χ3v) is 3.14. The molecule has 0 atom stereocenters. The highest BCUT2D eigenvalue weighted by atomic mass is 28.3. The third kappa shape index (κ3) is 2.30. The Kier molecular flexibility index (Phi) is 2.39. The molecule has 3 nitrogen and oxygen atoms in total. The highest BCUT2D eigenvalue weighted by Gasteiger charge is 2.32. The van der Waals surface area contributed by atoms with Gasteiger partial charge in [-0.05, 0) is 13.8 Å². The van der Waals surface area contributed by atoms with Crippen molar-refractivity contribution in [3.63, 3.8) is 0 Å². The normalized spacial score (nSPS) is 17.3. The molecule has 0 N–H and O–H groups in total. The van der Waals surface area contributed by atoms with Crippen LogP contribution in [-0.4, -0.2) is 23.5 Å². The smallest absolute Gasteiger partial charge is 0.228 e. The summed E-state index contributed by atoms with van der Waals surface area (Å²) in [5.74, 6) is 4.04. The molecule has 0 bridgehead atoms. The van der Waals surface area contributed by atoms with Crippen molar-refractivity contribution >= 4 is 8.07 Å². The monoisotopic (exact) mass is 234 g/mol. The van der Waals surface area contributed by atoms with Crippen molar-refractivity contribution in [2.45, 2.75) is 45.6 Å². The number of aromatic nitrogens is 2. The van der Waals surface area contributed by atoms with Crippen LogP contribution in [0.3, 0.4) is 0 Å². The Labute approximate surface area is 97.8 Å². The Morgan fingerprint density at radius 3 is 2.75 bits per heavy atom. The fourth-order valence-corrected chi connectivity index (χ4v) is 2.10. The van der Waals surface area contributed by atoms with Gasteiger partial charge in [0.15, 0.2) is 0 Å². The lowest BCUT2D eigenvalue weighted by Crippen LogP contribution is -2.26. The van der Waals surface area contributed by atoms with Crippen LogP contribution in [0.2, 0.25) is 19.6 Å². The van der Waals surface area contributed by atoms with Crippen LogP contribution in [-0.2, 0) is 6.54 Å². The highest BCUT2D eigenvalue weighted by Crippen LogP contribution is 2.30. The molecule has 0 spiro atoms. The molecule has 0 aliphatic carbocycles. The van der Waals surface area contributed by atoms with E-state index in [1.54, 1.807) is 6.20 Å². The third-order valence-electron chi connectivity index (χ3n) is 2.27. The number of rotatable bonds is 0. The van der Waals surface area contributed by atoms with Crippen molar-refractivity contribution in [3.05, 3.63) is 11.8 Å². The number of ether oxygens (including phenoxy) is 1. The van der Waals surface area contributed by atoms with Crippen molar-refractivity contribution in [3.8, 4) is 17.3 Å². The molecule has 0 unspecified atom stereocenters. The van der Waals surface area contributed by atoms with Gasteiger partial charge in [0.1, 0.15) is 19.2 Å². The molecule has 0 aromatic carbocycles. The molecule has 0 amide bonds. The zero-order chi connectivity index (χ0) is 12.0. The van der Waals surface area contributed by atoms with E-state index in [4.69, 9.17) is 4.74 Å². The fourth-order valence-electron chi connectivity index (χ4n) is 1.59. The van der Waals surface area contributed by atoms with Gasteiger partial charge in [-0.15, -0.1) is 5.54 Å². The van der Waals surface area contributed by atoms with E-state index in [0.29, 0.717) is 0 Å². The molecule has 0 saturated heterocycles. The molecule has 0 saturated carbocycles. The van der Waals surface area contributed by atoms with Gasteiger partial charge < -0.3 is 4.74 Å². The highest BCUT2D eigenvalue weighted by molar-refractivity contribution is 6.83. The summed E-state index contributed by atoms with van der Waals surface area (Å²) in [7, 11) is -1.34. The Bertz CT molecular complexity index is 471. The Balaban J connectivity index is 2.30. The number of hydrogen-bond donors (Lipinski definition) is 0. The van der Waals surface area contributed by atoms with Crippen LogP contribution >= 0.6 is 0 Å². The first-order valence-corrected chi connectivity index (χ1v) is 9.05. The van der Waals surface area contributed by atoms with E-state index < -0.39 is 8.07 Å². The van der Waals surface area contributed by atoms with E-state index in [1.807, 2.05) is 4.68 Å². The Morgan fingerprint density at radius 2 is 2.12 bits per heavy atom. The van der Waals surface area contributed by atoms with E-state index in [-0.39, 0.29) is 5.60 Å². The predicted octanol–water partition coefficient (Wildman–Crippen LogP) is 2.28. The summed E-state index contributed by atoms with van der Waals surface area (Å²) in [4.78, 5) is 0. The zero-order valence-electron chi connectivity index (χ0n) is 10.6. The molecular weight excluding hydrogens is 216 g/mol. The van der Waals surface area contributed by atoms with Crippen molar-refractivity contribution in [2.75, 3.05) is 0 Å². The van der Waals surface area contributed by atoms with Gasteiger partial charge in [0.2, 0.25) is 5.88 Å². The van der Waals surface area contributed by atoms with Crippen molar-refractivity contribution in [2.24, 2.45) is 0 Å². The van der Waals surface area contributed by atoms with Gasteiger partial charge in [-0.1, -0.05) is 25.6 Å². The summed E-state index contributed by atoms with van der Waals surface area (Å²) in [5, 5.41) is 4.30. The average Bonchev–Trinajstić information content (AvgIpc) is 2.55. The molecule has 2 heterocycles. The van der Waals surface area contributed by atoms with Crippen LogP contribution in [0, 0.1) is 11.5 Å². The van der Waals surface area contributed by atoms with Gasteiger partial charge in [-0.3, -0.25) is 0 Å². The molecule has 2 rings (SSSR count). The standard InChI is InChI=1S/C12H18N2OSi/c1-12(2)9-14-11(15-12)10(8-13-14)6-7-16(3,4)5/h8H,9H2,1-5H3. The van der Waals surface area contributed by atoms with E-state index in [0.717, 1.165) is 18.0 Å². The first-order valence-electron chi connectivity index (χ1n) is 5.55. The zero-order valence-corrected chi connectivity index (χ0v) is 11.6. The average molecular weight is 234 g/mol. The second-order valence-corrected chi connectivity index (χ2v) is 10.6. The summed E-state index contributed by atoms with van der Waals surface area (Å²) in [6.45, 7) is 11.6. The van der Waals surface area contributed by atoms with Gasteiger partial charge in [0, 0.05) is 0 Å². The summed E-state index contributed by atoms with van der Waals surface area (Å²) >= 11 is 0. The quantitative estimate of drug-likeness (QED) is 0.509. The predicted molar refractivity (Wildman–Crippen MR) is 67.2 cm³/mol. The van der Waals surface area contributed by atoms with Crippen LogP contribution in [0.15, 0.2) is 6.20 Å². The minimum atomic E-state index is -1.34. The lowest BCUT2D eigenvalue weighted by atomic mass is 10.1. The van der Waals surface area contributed by atoms with E-state index >= 15 is 0 Å². The summed E-state index contributed by atoms with van der Waals surface area (Å²) in [6, 6.07) is 0. The maximum atomic E-state index is 5.84. The molecule has 1 aromatic rings. The Hall–Kier alpha value is -1.21. The van der Waals surface area contributed by atoms with Crippen LogP contribution in [0.4, 0.5) is 0 Å². The lowest BCUT2D eigenvalue weighted by Gasteiger charge is -2.15. The molecule has 1 aliphatic rings. The number of hydrogen-bond acceptors (Lipinski definition) is 2. The van der Waals surface area contributed by atoms with Gasteiger partial charge in [0.05, 0.1) is 12.7 Å². The first kappa shape index (κ1) is 11.3. The molecule has 86 valence electrons. The lowest BCUT2D eigenvalue weighted by molar-refractivity contribution is 0.135. The second kappa shape index (κ2) is 3.39. The van der Waals surface area contributed by atoms with Crippen molar-refractivity contribution in [1.29, 1.82) is 0 Å². The molecule has 1 aromatic heterocycles. The minimum absolute atomic E-state index is 0.154. The molecule has 16 heavy (non-hydrogen) atoms. The van der Waals surface area contributed by atoms with Crippen LogP contribution < -0.4 is 4.74 Å². The summed E-state index contributed by atoms with van der Waals surface area (Å²) < 4.78 is 7.74. The van der Waals surface area contributed by atoms with Gasteiger partial charge in [-0.25, -0.2) is 4.68 Å². The number of nitrogens with zero attached hydrogens (tertiary/aromatic N) is 2. The van der Waals surface area contributed by atoms with E-state index in [1.165, 1.54) is 0 Å². The van der Waals surface area contributed by atoms with Gasteiger partial charge in [-0.2, -0.15) is 5.10 Å². The van der Waals surface area contributed by atoms with Crippen LogP contribution in [0.1, 0.15) is 19.4 Å². The molecule has 4 heteroatoms. The minimum Gasteiger partial charge on any atom is -0.469 e. The SMILES string of the molecule is CC1(C)Cn2ncc(C#C[Si](C)(C)C)c2O1. The molecule has 0 radical (unpaired) electrons. The summed E-state index contributed by atoms with van der Waals surface area (Å²) in [5.41, 5.74) is 4.11. The largest absolute Gasteiger partial charge is 0.469 e. The first-order chi connectivity index (χ1) is 7.27. The fraction of sp³-hybridized carbons (Fsp3) is 0.583. The maximum Gasteiger partial charge on any atom is 0.228 e. The molecular formula is C12H18N2OSi. The van der Waals surface area contributed by atoms with Gasteiger partial charge >= 0.3 is 0 Å². The second-order valence-electron chi connectivity index (χ2n) is 5.88. The van der Waals surface area contributed by atoms with Gasteiger partial charge in [0.25, 0.3) is 0 Å². The Morgan fingerprint density at radius 1 is 1.44 bits per heavy atom. The topological polar surface area (TPSA) is 27.1 Å². The number of fused-ring (bicyclic) bond motifs is 1. The van der Waals surface area contributed by atoms with Crippen LogP contribution in [0.5, 0.6) is 5.88 Å².